The van der Waals surface area contributed by atoms with E-state index in [1.807, 2.05) is 45.0 Å². The molecule has 0 aliphatic heterocycles. The van der Waals surface area contributed by atoms with Crippen molar-refractivity contribution in [1.82, 2.24) is 26.4 Å². The lowest BCUT2D eigenvalue weighted by Gasteiger charge is -2.35. The van der Waals surface area contributed by atoms with Crippen molar-refractivity contribution >= 4 is 24.0 Å². The van der Waals surface area contributed by atoms with E-state index in [1.54, 1.807) is 18.9 Å². The number of nitrogens with one attached hydrogen (secondary N) is 4. The number of amides is 4. The highest BCUT2D eigenvalue weighted by atomic mass is 16.5. The van der Waals surface area contributed by atoms with Crippen LogP contribution in [-0.4, -0.2) is 85.7 Å². The van der Waals surface area contributed by atoms with Gasteiger partial charge < -0.3 is 35.3 Å². The summed E-state index contributed by atoms with van der Waals surface area (Å²) in [7, 11) is 2.46. The van der Waals surface area contributed by atoms with Crippen molar-refractivity contribution in [3.05, 3.63) is 29.8 Å². The number of carbonyl (C=O) groups excluding carboxylic acids is 4. The molecule has 13 heteroatoms. The number of hydrazine groups is 1. The molecular weight excluding hydrogens is 594 g/mol. The highest BCUT2D eigenvalue weighted by Gasteiger charge is 2.33. The Bertz CT molecular complexity index is 1090. The van der Waals surface area contributed by atoms with Gasteiger partial charge in [-0.05, 0) is 48.8 Å². The van der Waals surface area contributed by atoms with Crippen LogP contribution in [0.3, 0.4) is 0 Å². The molecule has 13 nitrogen and oxygen atoms in total. The Morgan fingerprint density at radius 1 is 0.848 bits per heavy atom. The van der Waals surface area contributed by atoms with E-state index in [4.69, 9.17) is 14.2 Å². The zero-order chi connectivity index (χ0) is 34.2. The van der Waals surface area contributed by atoms with Gasteiger partial charge >= 0.3 is 12.2 Å². The van der Waals surface area contributed by atoms with Crippen molar-refractivity contribution in [2.75, 3.05) is 27.4 Å². The number of rotatable bonds is 17. The maximum absolute atomic E-state index is 13.5. The number of aliphatic hydroxyl groups is 1. The molecule has 2 unspecified atom stereocenters. The van der Waals surface area contributed by atoms with Crippen LogP contribution in [0.2, 0.25) is 0 Å². The Labute approximate surface area is 273 Å². The number of benzene rings is 1. The summed E-state index contributed by atoms with van der Waals surface area (Å²) in [5, 5.41) is 21.5. The third-order valence-corrected chi connectivity index (χ3v) is 8.20. The molecule has 1 saturated carbocycles. The lowest BCUT2D eigenvalue weighted by molar-refractivity contribution is -0.131. The highest BCUT2D eigenvalue weighted by molar-refractivity contribution is 5.86. The number of hydrogen-bond acceptors (Lipinski definition) is 9. The Morgan fingerprint density at radius 3 is 1.89 bits per heavy atom. The van der Waals surface area contributed by atoms with Gasteiger partial charge in [-0.2, -0.15) is 0 Å². The van der Waals surface area contributed by atoms with Gasteiger partial charge in [-0.15, -0.1) is 0 Å². The third kappa shape index (κ3) is 13.0. The lowest BCUT2D eigenvalue weighted by atomic mass is 9.83. The molecule has 0 heterocycles. The van der Waals surface area contributed by atoms with Gasteiger partial charge in [0.05, 0.1) is 33.0 Å². The normalized spacial score (nSPS) is 16.2. The van der Waals surface area contributed by atoms with Crippen LogP contribution in [0.25, 0.3) is 0 Å². The zero-order valence-corrected chi connectivity index (χ0v) is 28.5. The Kier molecular flexibility index (Phi) is 16.6. The van der Waals surface area contributed by atoms with E-state index in [0.717, 1.165) is 37.7 Å². The largest absolute Gasteiger partial charge is 0.494 e. The van der Waals surface area contributed by atoms with Gasteiger partial charge in [-0.3, -0.25) is 15.0 Å². The van der Waals surface area contributed by atoms with Gasteiger partial charge in [0.2, 0.25) is 5.91 Å². The smallest absolute Gasteiger partial charge is 0.407 e. The van der Waals surface area contributed by atoms with Crippen LogP contribution in [0.4, 0.5) is 9.59 Å². The molecule has 1 fully saturated rings. The molecule has 0 aromatic heterocycles. The second-order valence-electron chi connectivity index (χ2n) is 12.6. The van der Waals surface area contributed by atoms with Gasteiger partial charge in [0.15, 0.2) is 0 Å². The number of nitrogens with zero attached hydrogens (tertiary/aromatic N) is 1. The van der Waals surface area contributed by atoms with Gasteiger partial charge in [0.1, 0.15) is 17.8 Å². The van der Waals surface area contributed by atoms with E-state index in [-0.39, 0.29) is 24.9 Å². The summed E-state index contributed by atoms with van der Waals surface area (Å²) in [5.74, 6) is -0.386. The first kappa shape index (κ1) is 38.6. The number of methoxy groups -OCH3 is 2. The molecule has 46 heavy (non-hydrogen) atoms. The SMILES string of the molecule is CCOc1ccc(CN(CC(O)C(CC2CCCCC2)NC(=O)[C@@H](NC(=O)OC)C(C)C)NC(=O)[C@@H](NC(=O)OC)C(C)C)cc1. The zero-order valence-electron chi connectivity index (χ0n) is 28.5. The third-order valence-electron chi connectivity index (χ3n) is 8.20. The summed E-state index contributed by atoms with van der Waals surface area (Å²) >= 11 is 0. The molecular formula is C33H55N5O8. The Hall–Kier alpha value is -3.58. The van der Waals surface area contributed by atoms with E-state index in [0.29, 0.717) is 24.7 Å². The summed E-state index contributed by atoms with van der Waals surface area (Å²) in [6.45, 7) is 9.85. The average molecular weight is 650 g/mol. The van der Waals surface area contributed by atoms with Crippen LogP contribution < -0.4 is 26.1 Å². The quantitative estimate of drug-likeness (QED) is 0.159. The molecule has 260 valence electrons. The van der Waals surface area contributed by atoms with E-state index >= 15 is 0 Å². The second kappa shape index (κ2) is 19.8. The second-order valence-corrected chi connectivity index (χ2v) is 12.6. The standard InChI is InChI=1S/C33H55N5O8/c1-8-46-25-16-14-24(15-17-25)19-38(37-31(41)29(22(4)5)36-33(43)45-7)20-27(39)26(18-23-12-10-9-11-13-23)34-30(40)28(21(2)3)35-32(42)44-6/h14-17,21-23,26-29,39H,8-13,18-20H2,1-7H3,(H,34,40)(H,35,42)(H,36,43)(H,37,41)/t26?,27?,28-,29-/m0/s1. The van der Waals surface area contributed by atoms with Crippen molar-refractivity contribution in [3.8, 4) is 5.75 Å². The first-order valence-corrected chi connectivity index (χ1v) is 16.3. The molecule has 1 aromatic carbocycles. The number of alkyl carbamates (subject to hydrolysis) is 2. The summed E-state index contributed by atoms with van der Waals surface area (Å²) < 4.78 is 15.0. The molecule has 0 spiro atoms. The molecule has 2 rings (SSSR count). The van der Waals surface area contributed by atoms with Gasteiger partial charge in [-0.1, -0.05) is 71.9 Å². The minimum Gasteiger partial charge on any atom is -0.494 e. The molecule has 1 aromatic rings. The topological polar surface area (TPSA) is 168 Å². The molecule has 0 radical (unpaired) electrons. The Morgan fingerprint density at radius 2 is 1.39 bits per heavy atom. The van der Waals surface area contributed by atoms with Crippen molar-refractivity contribution in [1.29, 1.82) is 0 Å². The number of carbonyl (C=O) groups is 4. The predicted octanol–water partition coefficient (Wildman–Crippen LogP) is 3.50. The van der Waals surface area contributed by atoms with E-state index in [1.165, 1.54) is 14.2 Å². The first-order chi connectivity index (χ1) is 21.9. The maximum Gasteiger partial charge on any atom is 0.407 e. The molecule has 5 N–H and O–H groups in total. The van der Waals surface area contributed by atoms with Crippen LogP contribution in [0, 0.1) is 17.8 Å². The predicted molar refractivity (Wildman–Crippen MR) is 174 cm³/mol. The van der Waals surface area contributed by atoms with Crippen molar-refractivity contribution in [3.63, 3.8) is 0 Å². The van der Waals surface area contributed by atoms with Crippen molar-refractivity contribution < 1.29 is 38.5 Å². The summed E-state index contributed by atoms with van der Waals surface area (Å²) in [4.78, 5) is 50.9. The lowest BCUT2D eigenvalue weighted by Crippen LogP contribution is -2.59. The fourth-order valence-electron chi connectivity index (χ4n) is 5.61. The van der Waals surface area contributed by atoms with Gasteiger partial charge in [0.25, 0.3) is 5.91 Å². The Balaban J connectivity index is 2.35. The molecule has 1 aliphatic rings. The van der Waals surface area contributed by atoms with Crippen LogP contribution >= 0.6 is 0 Å². The van der Waals surface area contributed by atoms with Crippen LogP contribution in [-0.2, 0) is 25.6 Å². The molecule has 1 aliphatic carbocycles. The van der Waals surface area contributed by atoms with Crippen molar-refractivity contribution in [2.24, 2.45) is 17.8 Å². The van der Waals surface area contributed by atoms with E-state index < -0.39 is 48.2 Å². The van der Waals surface area contributed by atoms with Crippen LogP contribution in [0.5, 0.6) is 5.75 Å². The highest BCUT2D eigenvalue weighted by Crippen LogP contribution is 2.28. The fraction of sp³-hybridized carbons (Fsp3) is 0.697. The number of aliphatic hydroxyl groups excluding tert-OH is 1. The number of ether oxygens (including phenoxy) is 3. The van der Waals surface area contributed by atoms with Crippen molar-refractivity contribution in [2.45, 2.75) is 104 Å². The van der Waals surface area contributed by atoms with Gasteiger partial charge in [-0.25, -0.2) is 14.6 Å². The molecule has 0 saturated heterocycles. The summed E-state index contributed by atoms with van der Waals surface area (Å²) in [6.07, 6.45) is 3.32. The maximum atomic E-state index is 13.5. The van der Waals surface area contributed by atoms with Gasteiger partial charge in [0, 0.05) is 13.1 Å². The summed E-state index contributed by atoms with van der Waals surface area (Å²) in [6, 6.07) is 4.97. The van der Waals surface area contributed by atoms with Crippen LogP contribution in [0.15, 0.2) is 24.3 Å². The average Bonchev–Trinajstić information content (AvgIpc) is 3.02. The molecule has 4 atom stereocenters. The monoisotopic (exact) mass is 649 g/mol. The fourth-order valence-corrected chi connectivity index (χ4v) is 5.61. The minimum atomic E-state index is -1.09. The van der Waals surface area contributed by atoms with Crippen LogP contribution in [0.1, 0.15) is 78.7 Å². The van der Waals surface area contributed by atoms with E-state index in [9.17, 15) is 24.3 Å². The molecule has 0 bridgehead atoms. The first-order valence-electron chi connectivity index (χ1n) is 16.3. The minimum absolute atomic E-state index is 0.0313. The molecule has 4 amide bonds. The van der Waals surface area contributed by atoms with E-state index in [2.05, 4.69) is 21.4 Å². The summed E-state index contributed by atoms with van der Waals surface area (Å²) in [5.41, 5.74) is 3.72. The number of hydrogen-bond donors (Lipinski definition) is 5.